The van der Waals surface area contributed by atoms with Crippen molar-refractivity contribution in [2.24, 2.45) is 0 Å². The van der Waals surface area contributed by atoms with Crippen LogP contribution in [0.2, 0.25) is 5.02 Å². The third-order valence-corrected chi connectivity index (χ3v) is 3.94. The topological polar surface area (TPSA) is 30.0 Å². The highest BCUT2D eigenvalue weighted by Crippen LogP contribution is 2.31. The molecule has 1 heterocycles. The Labute approximate surface area is 132 Å². The van der Waals surface area contributed by atoms with E-state index >= 15 is 0 Å². The quantitative estimate of drug-likeness (QED) is 0.605. The summed E-state index contributed by atoms with van der Waals surface area (Å²) in [4.78, 5) is 16.4. The van der Waals surface area contributed by atoms with E-state index in [0.717, 1.165) is 22.0 Å². The monoisotopic (exact) mass is 315 g/mol. The first-order valence-corrected chi connectivity index (χ1v) is 7.18. The van der Waals surface area contributed by atoms with E-state index in [1.807, 2.05) is 43.3 Å². The average molecular weight is 316 g/mol. The summed E-state index contributed by atoms with van der Waals surface area (Å²) in [5, 5.41) is 0.845. The van der Waals surface area contributed by atoms with Crippen molar-refractivity contribution in [2.45, 2.75) is 6.92 Å². The largest absolute Gasteiger partial charge is 0.276 e. The number of pyridine rings is 1. The van der Waals surface area contributed by atoms with Crippen molar-refractivity contribution in [1.82, 2.24) is 4.98 Å². The molecule has 0 amide bonds. The standard InChI is InChI=1S/C17H11Cl2NO/c1-10-5-4-7-11-13(17(19)21)9-15(20-16(10)11)12-6-2-3-8-14(12)18/h2-9H,1H3. The van der Waals surface area contributed by atoms with E-state index in [9.17, 15) is 4.79 Å². The van der Waals surface area contributed by atoms with Crippen molar-refractivity contribution in [3.05, 3.63) is 64.7 Å². The number of hydrogen-bond donors (Lipinski definition) is 0. The third kappa shape index (κ3) is 2.53. The number of nitrogens with zero attached hydrogens (tertiary/aromatic N) is 1. The Kier molecular flexibility index (Phi) is 3.66. The highest BCUT2D eigenvalue weighted by molar-refractivity contribution is 6.68. The molecule has 2 nitrogen and oxygen atoms in total. The van der Waals surface area contributed by atoms with Crippen molar-refractivity contribution in [3.8, 4) is 11.3 Å². The van der Waals surface area contributed by atoms with Gasteiger partial charge in [-0.1, -0.05) is 48.0 Å². The molecule has 0 aliphatic heterocycles. The van der Waals surface area contributed by atoms with Gasteiger partial charge in [-0.2, -0.15) is 0 Å². The molecule has 104 valence electrons. The molecule has 3 rings (SSSR count). The van der Waals surface area contributed by atoms with Gasteiger partial charge in [-0.3, -0.25) is 4.79 Å². The van der Waals surface area contributed by atoms with Gasteiger partial charge in [-0.05, 0) is 36.2 Å². The Balaban J connectivity index is 2.38. The highest BCUT2D eigenvalue weighted by Gasteiger charge is 2.14. The Bertz CT molecular complexity index is 859. The molecule has 1 aromatic heterocycles. The molecule has 0 saturated heterocycles. The maximum Gasteiger partial charge on any atom is 0.253 e. The van der Waals surface area contributed by atoms with Crippen LogP contribution in [0, 0.1) is 6.92 Å². The minimum absolute atomic E-state index is 0.445. The Morgan fingerprint density at radius 1 is 1.10 bits per heavy atom. The van der Waals surface area contributed by atoms with Crippen LogP contribution in [0.4, 0.5) is 0 Å². The SMILES string of the molecule is Cc1cccc2c(C(=O)Cl)cc(-c3ccccc3Cl)nc12. The summed E-state index contributed by atoms with van der Waals surface area (Å²) in [6.45, 7) is 1.95. The van der Waals surface area contributed by atoms with Crippen molar-refractivity contribution >= 4 is 39.3 Å². The Morgan fingerprint density at radius 2 is 1.86 bits per heavy atom. The highest BCUT2D eigenvalue weighted by atomic mass is 35.5. The second-order valence-corrected chi connectivity index (χ2v) is 5.53. The van der Waals surface area contributed by atoms with E-state index in [1.165, 1.54) is 0 Å². The van der Waals surface area contributed by atoms with Crippen LogP contribution in [0.25, 0.3) is 22.2 Å². The number of carbonyl (C=O) groups is 1. The van der Waals surface area contributed by atoms with Crippen LogP contribution in [-0.2, 0) is 0 Å². The number of rotatable bonds is 2. The van der Waals surface area contributed by atoms with Gasteiger partial charge in [0.15, 0.2) is 0 Å². The first-order valence-electron chi connectivity index (χ1n) is 6.43. The van der Waals surface area contributed by atoms with Crippen LogP contribution >= 0.6 is 23.2 Å². The summed E-state index contributed by atoms with van der Waals surface area (Å²) < 4.78 is 0. The minimum atomic E-state index is -0.499. The first-order chi connectivity index (χ1) is 10.1. The summed E-state index contributed by atoms with van der Waals surface area (Å²) >= 11 is 12.0. The lowest BCUT2D eigenvalue weighted by molar-refractivity contribution is 0.108. The van der Waals surface area contributed by atoms with Gasteiger partial charge in [0, 0.05) is 21.5 Å². The molecule has 4 heteroatoms. The van der Waals surface area contributed by atoms with Crippen LogP contribution in [0.1, 0.15) is 15.9 Å². The van der Waals surface area contributed by atoms with Gasteiger partial charge in [0.05, 0.1) is 11.2 Å². The second-order valence-electron chi connectivity index (χ2n) is 4.78. The molecule has 21 heavy (non-hydrogen) atoms. The maximum atomic E-state index is 11.7. The lowest BCUT2D eigenvalue weighted by atomic mass is 10.0. The Morgan fingerprint density at radius 3 is 2.57 bits per heavy atom. The summed E-state index contributed by atoms with van der Waals surface area (Å²) in [5.41, 5.74) is 3.62. The molecular formula is C17H11Cl2NO. The number of aryl methyl sites for hydroxylation is 1. The molecule has 0 fully saturated rings. The number of halogens is 2. The van der Waals surface area contributed by atoms with Crippen LogP contribution in [-0.4, -0.2) is 10.2 Å². The minimum Gasteiger partial charge on any atom is -0.276 e. The normalized spacial score (nSPS) is 10.8. The first kappa shape index (κ1) is 14.1. The fraction of sp³-hybridized carbons (Fsp3) is 0.0588. The van der Waals surface area contributed by atoms with Gasteiger partial charge in [0.2, 0.25) is 0 Å². The number of aromatic nitrogens is 1. The molecule has 0 radical (unpaired) electrons. The van der Waals surface area contributed by atoms with Gasteiger partial charge in [0.1, 0.15) is 0 Å². The van der Waals surface area contributed by atoms with Crippen LogP contribution in [0.3, 0.4) is 0 Å². The number of fused-ring (bicyclic) bond motifs is 1. The lowest BCUT2D eigenvalue weighted by Crippen LogP contribution is -1.97. The zero-order valence-corrected chi connectivity index (χ0v) is 12.7. The van der Waals surface area contributed by atoms with Gasteiger partial charge >= 0.3 is 0 Å². The van der Waals surface area contributed by atoms with E-state index in [2.05, 4.69) is 4.98 Å². The van der Waals surface area contributed by atoms with E-state index in [-0.39, 0.29) is 0 Å². The van der Waals surface area contributed by atoms with Crippen LogP contribution in [0.5, 0.6) is 0 Å². The molecule has 3 aromatic rings. The van der Waals surface area contributed by atoms with E-state index < -0.39 is 5.24 Å². The molecule has 0 aliphatic carbocycles. The van der Waals surface area contributed by atoms with Crippen LogP contribution < -0.4 is 0 Å². The number of carbonyl (C=O) groups excluding carboxylic acids is 1. The Hall–Kier alpha value is -1.90. The predicted octanol–water partition coefficient (Wildman–Crippen LogP) is 5.24. The average Bonchev–Trinajstić information content (AvgIpc) is 2.47. The van der Waals surface area contributed by atoms with Crippen molar-refractivity contribution in [2.75, 3.05) is 0 Å². The van der Waals surface area contributed by atoms with Crippen molar-refractivity contribution < 1.29 is 4.79 Å². The molecule has 0 atom stereocenters. The maximum absolute atomic E-state index is 11.7. The number of hydrogen-bond acceptors (Lipinski definition) is 2. The molecule has 0 saturated carbocycles. The van der Waals surface area contributed by atoms with Gasteiger partial charge in [-0.15, -0.1) is 0 Å². The van der Waals surface area contributed by atoms with Gasteiger partial charge < -0.3 is 0 Å². The van der Waals surface area contributed by atoms with Crippen LogP contribution in [0.15, 0.2) is 48.5 Å². The van der Waals surface area contributed by atoms with E-state index in [0.29, 0.717) is 16.3 Å². The number of benzene rings is 2. The number of para-hydroxylation sites is 1. The molecule has 0 spiro atoms. The molecule has 0 N–H and O–H groups in total. The van der Waals surface area contributed by atoms with E-state index in [4.69, 9.17) is 23.2 Å². The summed E-state index contributed by atoms with van der Waals surface area (Å²) in [6, 6.07) is 14.8. The molecule has 0 unspecified atom stereocenters. The fourth-order valence-electron chi connectivity index (χ4n) is 2.36. The van der Waals surface area contributed by atoms with Gasteiger partial charge in [0.25, 0.3) is 5.24 Å². The summed E-state index contributed by atoms with van der Waals surface area (Å²) in [6.07, 6.45) is 0. The van der Waals surface area contributed by atoms with E-state index in [1.54, 1.807) is 12.1 Å². The zero-order valence-electron chi connectivity index (χ0n) is 11.2. The van der Waals surface area contributed by atoms with Crippen molar-refractivity contribution in [1.29, 1.82) is 0 Å². The fourth-order valence-corrected chi connectivity index (χ4v) is 2.75. The molecule has 2 aromatic carbocycles. The zero-order chi connectivity index (χ0) is 15.0. The van der Waals surface area contributed by atoms with Gasteiger partial charge in [-0.25, -0.2) is 4.98 Å². The molecular weight excluding hydrogens is 305 g/mol. The third-order valence-electron chi connectivity index (χ3n) is 3.40. The van der Waals surface area contributed by atoms with Crippen molar-refractivity contribution in [3.63, 3.8) is 0 Å². The predicted molar refractivity (Wildman–Crippen MR) is 87.1 cm³/mol. The lowest BCUT2D eigenvalue weighted by Gasteiger charge is -2.10. The summed E-state index contributed by atoms with van der Waals surface area (Å²) in [7, 11) is 0. The second kappa shape index (κ2) is 5.47. The molecule has 0 bridgehead atoms. The smallest absolute Gasteiger partial charge is 0.253 e. The molecule has 0 aliphatic rings. The summed E-state index contributed by atoms with van der Waals surface area (Å²) in [5.74, 6) is 0.